The minimum atomic E-state index is -4.95. The van der Waals surface area contributed by atoms with Gasteiger partial charge in [0.15, 0.2) is 0 Å². The predicted octanol–water partition coefficient (Wildman–Crippen LogP) is 5.95. The number of benzene rings is 3. The van der Waals surface area contributed by atoms with E-state index in [1.807, 2.05) is 4.72 Å². The van der Waals surface area contributed by atoms with Crippen molar-refractivity contribution in [2.24, 2.45) is 0 Å². The lowest BCUT2D eigenvalue weighted by molar-refractivity contribution is -0.137. The third-order valence-corrected chi connectivity index (χ3v) is 8.12. The Hall–Kier alpha value is -2.27. The van der Waals surface area contributed by atoms with Crippen LogP contribution in [0, 0.1) is 6.92 Å². The average Bonchev–Trinajstić information content (AvgIpc) is 2.68. The van der Waals surface area contributed by atoms with Gasteiger partial charge in [-0.1, -0.05) is 40.9 Å². The number of hydrogen-bond donors (Lipinski definition) is 1. The highest BCUT2D eigenvalue weighted by Gasteiger charge is 2.36. The second-order valence-corrected chi connectivity index (χ2v) is 11.1. The molecule has 0 aromatic heterocycles. The summed E-state index contributed by atoms with van der Waals surface area (Å²) in [5.41, 5.74) is -1.44. The van der Waals surface area contributed by atoms with E-state index in [9.17, 15) is 30.0 Å². The molecule has 0 spiro atoms. The molecule has 0 aliphatic rings. The van der Waals surface area contributed by atoms with Crippen molar-refractivity contribution in [1.29, 1.82) is 0 Å². The summed E-state index contributed by atoms with van der Waals surface area (Å²) in [6, 6.07) is 11.2. The van der Waals surface area contributed by atoms with Gasteiger partial charge in [0.05, 0.1) is 31.0 Å². The van der Waals surface area contributed by atoms with Gasteiger partial charge in [-0.2, -0.15) is 13.2 Å². The van der Waals surface area contributed by atoms with E-state index in [1.165, 1.54) is 36.4 Å². The topological polar surface area (TPSA) is 80.3 Å². The third kappa shape index (κ3) is 5.03. The lowest BCUT2D eigenvalue weighted by atomic mass is 10.2. The van der Waals surface area contributed by atoms with Crippen LogP contribution in [0.15, 0.2) is 75.4 Å². The predicted molar refractivity (Wildman–Crippen MR) is 115 cm³/mol. The maximum absolute atomic E-state index is 13.4. The maximum Gasteiger partial charge on any atom is 0.417 e. The van der Waals surface area contributed by atoms with Crippen LogP contribution in [-0.2, 0) is 26.0 Å². The van der Waals surface area contributed by atoms with Gasteiger partial charge in [-0.3, -0.25) is 4.72 Å². The first kappa shape index (κ1) is 24.4. The second-order valence-electron chi connectivity index (χ2n) is 6.70. The van der Waals surface area contributed by atoms with Gasteiger partial charge in [-0.25, -0.2) is 16.8 Å². The molecule has 5 nitrogen and oxygen atoms in total. The summed E-state index contributed by atoms with van der Waals surface area (Å²) in [6.07, 6.45) is -4.95. The molecule has 3 aromatic rings. The van der Waals surface area contributed by atoms with Crippen LogP contribution in [0.25, 0.3) is 0 Å². The van der Waals surface area contributed by atoms with Gasteiger partial charge in [-0.05, 0) is 55.5 Å². The van der Waals surface area contributed by atoms with E-state index in [0.29, 0.717) is 12.1 Å². The lowest BCUT2D eigenvalue weighted by Crippen LogP contribution is -2.17. The minimum absolute atomic E-state index is 0.231. The summed E-state index contributed by atoms with van der Waals surface area (Å²) in [6.45, 7) is 1.72. The number of sulfonamides is 1. The molecule has 3 aromatic carbocycles. The highest BCUT2D eigenvalue weighted by atomic mass is 35.5. The van der Waals surface area contributed by atoms with Crippen LogP contribution >= 0.6 is 23.2 Å². The summed E-state index contributed by atoms with van der Waals surface area (Å²) in [5.74, 6) is 0. The molecule has 0 aliphatic heterocycles. The van der Waals surface area contributed by atoms with Crippen molar-refractivity contribution in [3.05, 3.63) is 81.8 Å². The molecule has 0 radical (unpaired) electrons. The third-order valence-electron chi connectivity index (χ3n) is 4.36. The van der Waals surface area contributed by atoms with Gasteiger partial charge in [-0.15, -0.1) is 0 Å². The molecule has 32 heavy (non-hydrogen) atoms. The largest absolute Gasteiger partial charge is 0.417 e. The van der Waals surface area contributed by atoms with Gasteiger partial charge in [0, 0.05) is 5.02 Å². The molecule has 0 unspecified atom stereocenters. The number of halogens is 5. The first-order valence-corrected chi connectivity index (χ1v) is 12.4. The molecule has 0 bridgehead atoms. The zero-order valence-electron chi connectivity index (χ0n) is 16.1. The molecule has 3 rings (SSSR count). The van der Waals surface area contributed by atoms with Crippen molar-refractivity contribution in [3.8, 4) is 0 Å². The van der Waals surface area contributed by atoms with E-state index in [2.05, 4.69) is 0 Å². The Labute approximate surface area is 192 Å². The summed E-state index contributed by atoms with van der Waals surface area (Å²) in [7, 11) is -8.89. The van der Waals surface area contributed by atoms with Gasteiger partial charge < -0.3 is 0 Å². The Kier molecular flexibility index (Phi) is 6.54. The van der Waals surface area contributed by atoms with Crippen molar-refractivity contribution in [2.45, 2.75) is 27.8 Å². The fourth-order valence-electron chi connectivity index (χ4n) is 2.74. The number of aryl methyl sites for hydroxylation is 1. The van der Waals surface area contributed by atoms with Crippen LogP contribution in [0.3, 0.4) is 0 Å². The summed E-state index contributed by atoms with van der Waals surface area (Å²) < 4.78 is 94.0. The zero-order valence-corrected chi connectivity index (χ0v) is 19.3. The Morgan fingerprint density at radius 1 is 0.812 bits per heavy atom. The monoisotopic (exact) mass is 523 g/mol. The van der Waals surface area contributed by atoms with Gasteiger partial charge >= 0.3 is 6.18 Å². The molecule has 170 valence electrons. The molecule has 0 atom stereocenters. The van der Waals surface area contributed by atoms with Gasteiger partial charge in [0.25, 0.3) is 10.0 Å². The summed E-state index contributed by atoms with van der Waals surface area (Å²) in [4.78, 5) is -1.32. The van der Waals surface area contributed by atoms with Crippen molar-refractivity contribution >= 4 is 48.7 Å². The molecule has 0 amide bonds. The molecular formula is C20H14Cl2F3NO4S2. The van der Waals surface area contributed by atoms with Crippen molar-refractivity contribution in [1.82, 2.24) is 0 Å². The number of alkyl halides is 3. The van der Waals surface area contributed by atoms with Crippen LogP contribution in [0.5, 0.6) is 0 Å². The van der Waals surface area contributed by atoms with E-state index in [1.54, 1.807) is 6.92 Å². The van der Waals surface area contributed by atoms with Crippen LogP contribution in [0.1, 0.15) is 11.1 Å². The number of sulfone groups is 1. The van der Waals surface area contributed by atoms with E-state index in [0.717, 1.165) is 17.7 Å². The Morgan fingerprint density at radius 2 is 1.34 bits per heavy atom. The van der Waals surface area contributed by atoms with Crippen LogP contribution in [0.2, 0.25) is 10.0 Å². The van der Waals surface area contributed by atoms with Crippen LogP contribution < -0.4 is 4.72 Å². The van der Waals surface area contributed by atoms with E-state index >= 15 is 0 Å². The first-order chi connectivity index (χ1) is 14.7. The smallest absolute Gasteiger partial charge is 0.278 e. The normalized spacial score (nSPS) is 12.6. The summed E-state index contributed by atoms with van der Waals surface area (Å²) >= 11 is 11.5. The molecule has 12 heteroatoms. The summed E-state index contributed by atoms with van der Waals surface area (Å²) in [5, 5.41) is -0.668. The fourth-order valence-corrected chi connectivity index (χ4v) is 5.75. The van der Waals surface area contributed by atoms with Gasteiger partial charge in [0.2, 0.25) is 9.84 Å². The zero-order chi connectivity index (χ0) is 23.9. The molecule has 0 saturated carbocycles. The lowest BCUT2D eigenvalue weighted by Gasteiger charge is -2.17. The Bertz CT molecular complexity index is 1370. The maximum atomic E-state index is 13.4. The quantitative estimate of drug-likeness (QED) is 0.447. The average molecular weight is 524 g/mol. The van der Waals surface area contributed by atoms with Gasteiger partial charge in [0.1, 0.15) is 0 Å². The molecular weight excluding hydrogens is 510 g/mol. The SMILES string of the molecule is Cc1ccc(S(=O)(=O)Nc2cc(C(F)(F)F)c(Cl)cc2S(=O)(=O)c2ccc(Cl)cc2)cc1. The molecule has 0 aliphatic carbocycles. The highest BCUT2D eigenvalue weighted by Crippen LogP contribution is 2.41. The standard InChI is InChI=1S/C20H14Cl2F3NO4S2/c1-12-2-6-15(7-3-12)32(29,30)26-18-10-16(20(23,24)25)17(22)11-19(18)31(27,28)14-8-4-13(21)5-9-14/h2-11,26H,1H3. The Balaban J connectivity index is 2.23. The first-order valence-electron chi connectivity index (χ1n) is 8.73. The number of nitrogens with one attached hydrogen (secondary N) is 1. The number of rotatable bonds is 5. The van der Waals surface area contributed by atoms with Crippen molar-refractivity contribution in [2.75, 3.05) is 4.72 Å². The van der Waals surface area contributed by atoms with E-state index in [-0.39, 0.29) is 14.8 Å². The van der Waals surface area contributed by atoms with E-state index in [4.69, 9.17) is 23.2 Å². The fraction of sp³-hybridized carbons (Fsp3) is 0.100. The molecule has 0 fully saturated rings. The highest BCUT2D eigenvalue weighted by molar-refractivity contribution is 7.93. The minimum Gasteiger partial charge on any atom is -0.278 e. The number of anilines is 1. The molecule has 1 N–H and O–H groups in total. The van der Waals surface area contributed by atoms with E-state index < -0.39 is 47.2 Å². The number of hydrogen-bond acceptors (Lipinski definition) is 4. The molecule has 0 saturated heterocycles. The molecule has 0 heterocycles. The van der Waals surface area contributed by atoms with Crippen LogP contribution in [0.4, 0.5) is 18.9 Å². The van der Waals surface area contributed by atoms with Crippen molar-refractivity contribution < 1.29 is 30.0 Å². The van der Waals surface area contributed by atoms with Crippen LogP contribution in [-0.4, -0.2) is 16.8 Å². The Morgan fingerprint density at radius 3 is 1.88 bits per heavy atom. The second kappa shape index (κ2) is 8.58. The van der Waals surface area contributed by atoms with Crippen molar-refractivity contribution in [3.63, 3.8) is 0 Å².